The maximum Gasteiger partial charge on any atom is 0.276 e. The molecule has 0 radical (unpaired) electrons. The second-order valence-electron chi connectivity index (χ2n) is 6.72. The molecule has 2 bridgehead atoms. The smallest absolute Gasteiger partial charge is 0.276 e. The summed E-state index contributed by atoms with van der Waals surface area (Å²) < 4.78 is 1.73. The molecule has 6 nitrogen and oxygen atoms in total. The zero-order valence-corrected chi connectivity index (χ0v) is 15.0. The maximum absolute atomic E-state index is 13.3. The average molecular weight is 360 g/mol. The Labute approximate surface area is 152 Å². The number of carbonyl (C=O) groups excluding carboxylic acids is 1. The summed E-state index contributed by atoms with van der Waals surface area (Å²) in [6, 6.07) is 8.04. The normalized spacial score (nSPS) is 22.9. The number of benzene rings is 1. The largest absolute Gasteiger partial charge is 0.330 e. The van der Waals surface area contributed by atoms with Crippen LogP contribution in [0.15, 0.2) is 24.3 Å². The van der Waals surface area contributed by atoms with E-state index in [-0.39, 0.29) is 11.9 Å². The molecule has 2 aliphatic heterocycles. The van der Waals surface area contributed by atoms with E-state index in [4.69, 9.17) is 11.6 Å². The van der Waals surface area contributed by atoms with Crippen molar-refractivity contribution < 1.29 is 4.79 Å². The van der Waals surface area contributed by atoms with Crippen LogP contribution in [0.2, 0.25) is 5.02 Å². The van der Waals surface area contributed by atoms with Crippen molar-refractivity contribution in [1.29, 1.82) is 0 Å². The summed E-state index contributed by atoms with van der Waals surface area (Å²) in [5, 5.41) is 12.6. The van der Waals surface area contributed by atoms with Crippen LogP contribution in [0.3, 0.4) is 0 Å². The Hall–Kier alpha value is -1.92. The minimum atomic E-state index is 0.0151. The molecule has 2 aromatic rings. The maximum atomic E-state index is 13.3. The number of amides is 1. The Morgan fingerprint density at radius 3 is 2.96 bits per heavy atom. The molecular formula is C18H22ClN5O. The van der Waals surface area contributed by atoms with Gasteiger partial charge < -0.3 is 10.2 Å². The summed E-state index contributed by atoms with van der Waals surface area (Å²) in [7, 11) is 0. The van der Waals surface area contributed by atoms with Crippen molar-refractivity contribution in [1.82, 2.24) is 25.2 Å². The van der Waals surface area contributed by atoms with Gasteiger partial charge >= 0.3 is 0 Å². The minimum absolute atomic E-state index is 0.0151. The first-order chi connectivity index (χ1) is 12.2. The highest BCUT2D eigenvalue weighted by Gasteiger charge is 2.40. The van der Waals surface area contributed by atoms with Gasteiger partial charge in [-0.1, -0.05) is 29.8 Å². The first-order valence-corrected chi connectivity index (χ1v) is 9.30. The molecule has 0 aliphatic carbocycles. The van der Waals surface area contributed by atoms with Crippen molar-refractivity contribution in [2.24, 2.45) is 0 Å². The second kappa shape index (κ2) is 6.77. The van der Waals surface area contributed by atoms with Crippen LogP contribution in [0, 0.1) is 0 Å². The molecule has 2 unspecified atom stereocenters. The number of nitrogens with zero attached hydrogens (tertiary/aromatic N) is 4. The third-order valence-electron chi connectivity index (χ3n) is 5.24. The van der Waals surface area contributed by atoms with E-state index in [0.717, 1.165) is 43.7 Å². The molecule has 1 amide bonds. The molecule has 1 aromatic carbocycles. The molecule has 25 heavy (non-hydrogen) atoms. The number of fused-ring (bicyclic) bond motifs is 2. The number of halogens is 1. The van der Waals surface area contributed by atoms with Gasteiger partial charge in [0.1, 0.15) is 0 Å². The van der Waals surface area contributed by atoms with Gasteiger partial charge in [-0.2, -0.15) is 0 Å². The van der Waals surface area contributed by atoms with Crippen molar-refractivity contribution in [3.63, 3.8) is 0 Å². The fourth-order valence-electron chi connectivity index (χ4n) is 4.04. The van der Waals surface area contributed by atoms with Crippen LogP contribution in [0.5, 0.6) is 0 Å². The molecule has 2 atom stereocenters. The number of rotatable bonds is 3. The third kappa shape index (κ3) is 2.93. The predicted molar refractivity (Wildman–Crippen MR) is 96.2 cm³/mol. The first kappa shape index (κ1) is 16.5. The van der Waals surface area contributed by atoms with E-state index in [1.807, 2.05) is 36.1 Å². The molecule has 4 rings (SSSR count). The van der Waals surface area contributed by atoms with E-state index < -0.39 is 0 Å². The Kier molecular flexibility index (Phi) is 4.48. The molecule has 2 aliphatic rings. The van der Waals surface area contributed by atoms with E-state index in [1.54, 1.807) is 4.68 Å². The topological polar surface area (TPSA) is 63.1 Å². The van der Waals surface area contributed by atoms with Crippen LogP contribution in [-0.2, 0) is 6.42 Å². The molecule has 0 saturated carbocycles. The number of hydrogen-bond acceptors (Lipinski definition) is 4. The first-order valence-electron chi connectivity index (χ1n) is 8.93. The molecule has 2 saturated heterocycles. The van der Waals surface area contributed by atoms with Gasteiger partial charge in [-0.25, -0.2) is 4.68 Å². The summed E-state index contributed by atoms with van der Waals surface area (Å²) in [6.45, 7) is 3.86. The van der Waals surface area contributed by atoms with Crippen LogP contribution in [0.25, 0.3) is 5.69 Å². The molecule has 7 heteroatoms. The molecule has 1 N–H and O–H groups in total. The Morgan fingerprint density at radius 1 is 1.32 bits per heavy atom. The Bertz CT molecular complexity index is 776. The lowest BCUT2D eigenvalue weighted by molar-refractivity contribution is 0.0673. The number of hydrogen-bond donors (Lipinski definition) is 1. The average Bonchev–Trinajstić information content (AvgIpc) is 3.14. The van der Waals surface area contributed by atoms with Crippen LogP contribution < -0.4 is 5.32 Å². The summed E-state index contributed by atoms with van der Waals surface area (Å²) in [6.07, 6.45) is 3.84. The van der Waals surface area contributed by atoms with E-state index in [1.165, 1.54) is 0 Å². The molecular weight excluding hydrogens is 338 g/mol. The highest BCUT2D eigenvalue weighted by molar-refractivity contribution is 6.30. The summed E-state index contributed by atoms with van der Waals surface area (Å²) >= 11 is 6.10. The van der Waals surface area contributed by atoms with E-state index in [2.05, 4.69) is 15.6 Å². The lowest BCUT2D eigenvalue weighted by atomic mass is 10.1. The Morgan fingerprint density at radius 2 is 2.16 bits per heavy atom. The van der Waals surface area contributed by atoms with Crippen molar-refractivity contribution in [2.75, 3.05) is 13.1 Å². The van der Waals surface area contributed by atoms with Gasteiger partial charge in [0.15, 0.2) is 5.69 Å². The van der Waals surface area contributed by atoms with Crippen LogP contribution in [0.4, 0.5) is 0 Å². The van der Waals surface area contributed by atoms with Gasteiger partial charge in [0.2, 0.25) is 0 Å². The quantitative estimate of drug-likeness (QED) is 0.914. The monoisotopic (exact) mass is 359 g/mol. The van der Waals surface area contributed by atoms with Gasteiger partial charge in [0.05, 0.1) is 11.4 Å². The van der Waals surface area contributed by atoms with Crippen LogP contribution >= 0.6 is 11.6 Å². The summed E-state index contributed by atoms with van der Waals surface area (Å²) in [5.41, 5.74) is 2.14. The van der Waals surface area contributed by atoms with Gasteiger partial charge in [-0.3, -0.25) is 4.79 Å². The van der Waals surface area contributed by atoms with Gasteiger partial charge in [0, 0.05) is 23.7 Å². The molecule has 0 spiro atoms. The third-order valence-corrected chi connectivity index (χ3v) is 5.48. The lowest BCUT2D eigenvalue weighted by Crippen LogP contribution is -2.43. The minimum Gasteiger partial charge on any atom is -0.330 e. The van der Waals surface area contributed by atoms with Gasteiger partial charge in [-0.15, -0.1) is 5.10 Å². The fourth-order valence-corrected chi connectivity index (χ4v) is 4.22. The molecule has 1 aromatic heterocycles. The molecule has 132 valence electrons. The Balaban J connectivity index is 1.70. The standard InChI is InChI=1S/C18H22ClN5O/c1-2-16-17(21-22-24(16)14-5-3-4-12(19)10-14)18(25)23-13-6-7-15(23)11-20-9-8-13/h3-5,10,13,15,20H,2,6-9,11H2,1H3. The SMILES string of the molecule is CCc1c(C(=O)N2C3CCNCC2CC3)nnn1-c1cccc(Cl)c1. The van der Waals surface area contributed by atoms with Crippen LogP contribution in [0.1, 0.15) is 42.4 Å². The lowest BCUT2D eigenvalue weighted by Gasteiger charge is -2.27. The second-order valence-corrected chi connectivity index (χ2v) is 7.16. The number of aromatic nitrogens is 3. The number of carbonyl (C=O) groups is 1. The van der Waals surface area contributed by atoms with E-state index >= 15 is 0 Å². The zero-order valence-electron chi connectivity index (χ0n) is 14.3. The summed E-state index contributed by atoms with van der Waals surface area (Å²) in [4.78, 5) is 15.3. The summed E-state index contributed by atoms with van der Waals surface area (Å²) in [5.74, 6) is 0.0151. The highest BCUT2D eigenvalue weighted by Crippen LogP contribution is 2.30. The van der Waals surface area contributed by atoms with E-state index in [9.17, 15) is 4.79 Å². The zero-order chi connectivity index (χ0) is 17.4. The van der Waals surface area contributed by atoms with Crippen molar-refractivity contribution >= 4 is 17.5 Å². The highest BCUT2D eigenvalue weighted by atomic mass is 35.5. The van der Waals surface area contributed by atoms with Gasteiger partial charge in [0.25, 0.3) is 5.91 Å². The fraction of sp³-hybridized carbons (Fsp3) is 0.500. The predicted octanol–water partition coefficient (Wildman–Crippen LogP) is 2.45. The molecule has 3 heterocycles. The van der Waals surface area contributed by atoms with Crippen molar-refractivity contribution in [2.45, 2.75) is 44.7 Å². The number of nitrogens with one attached hydrogen (secondary N) is 1. The van der Waals surface area contributed by atoms with Gasteiger partial charge in [-0.05, 0) is 50.4 Å². The molecule has 2 fully saturated rings. The van der Waals surface area contributed by atoms with Crippen molar-refractivity contribution in [3.8, 4) is 5.69 Å². The van der Waals surface area contributed by atoms with Crippen LogP contribution in [-0.4, -0.2) is 51.0 Å². The van der Waals surface area contributed by atoms with Crippen molar-refractivity contribution in [3.05, 3.63) is 40.7 Å². The van der Waals surface area contributed by atoms with E-state index in [0.29, 0.717) is 23.2 Å².